The Kier molecular flexibility index (Phi) is 6.11. The molecule has 30 heavy (non-hydrogen) atoms. The first kappa shape index (κ1) is 20.9. The minimum atomic E-state index is -0.0622. The van der Waals surface area contributed by atoms with Gasteiger partial charge < -0.3 is 9.30 Å². The zero-order chi connectivity index (χ0) is 21.3. The molecule has 0 aliphatic carbocycles. The van der Waals surface area contributed by atoms with E-state index in [0.717, 1.165) is 42.9 Å². The number of thioether (sulfide) groups is 1. The number of fused-ring (bicyclic) bond motifs is 1. The van der Waals surface area contributed by atoms with Gasteiger partial charge in [-0.3, -0.25) is 14.2 Å². The van der Waals surface area contributed by atoms with Crippen molar-refractivity contribution in [3.8, 4) is 0 Å². The molecule has 7 heteroatoms. The van der Waals surface area contributed by atoms with Gasteiger partial charge in [-0.1, -0.05) is 23.9 Å². The van der Waals surface area contributed by atoms with Crippen molar-refractivity contribution in [2.24, 2.45) is 0 Å². The molecule has 4 rings (SSSR count). The Morgan fingerprint density at radius 1 is 1.27 bits per heavy atom. The van der Waals surface area contributed by atoms with Gasteiger partial charge >= 0.3 is 0 Å². The fourth-order valence-electron chi connectivity index (χ4n) is 4.10. The highest BCUT2D eigenvalue weighted by Crippen LogP contribution is 2.24. The van der Waals surface area contributed by atoms with Crippen LogP contribution in [0.15, 0.2) is 40.3 Å². The van der Waals surface area contributed by atoms with Gasteiger partial charge in [0, 0.05) is 36.6 Å². The van der Waals surface area contributed by atoms with E-state index < -0.39 is 0 Å². The number of hydrogen-bond acceptors (Lipinski definition) is 5. The number of aryl methyl sites for hydroxylation is 1. The monoisotopic (exact) mass is 425 g/mol. The lowest BCUT2D eigenvalue weighted by atomic mass is 10.2. The van der Waals surface area contributed by atoms with E-state index >= 15 is 0 Å². The Bertz CT molecular complexity index is 1140. The standard InChI is InChI=1S/C23H27N3O3S/c1-4-25-22(28)18-9-5-6-10-20(18)24-23(25)30-14-21(27)19-12-15(2)26(16(19)3)13-17-8-7-11-29-17/h5-6,9-10,12,17H,4,7-8,11,13-14H2,1-3H3. The summed E-state index contributed by atoms with van der Waals surface area (Å²) in [7, 11) is 0. The van der Waals surface area contributed by atoms with E-state index in [4.69, 9.17) is 4.74 Å². The number of ether oxygens (including phenoxy) is 1. The van der Waals surface area contributed by atoms with Gasteiger partial charge in [0.25, 0.3) is 5.56 Å². The number of carbonyl (C=O) groups is 1. The highest BCUT2D eigenvalue weighted by Gasteiger charge is 2.21. The number of para-hydroxylation sites is 1. The van der Waals surface area contributed by atoms with Crippen LogP contribution in [0, 0.1) is 13.8 Å². The van der Waals surface area contributed by atoms with E-state index in [0.29, 0.717) is 22.6 Å². The Balaban J connectivity index is 1.55. The van der Waals surface area contributed by atoms with Gasteiger partial charge in [-0.2, -0.15) is 0 Å². The van der Waals surface area contributed by atoms with Crippen molar-refractivity contribution in [1.29, 1.82) is 0 Å². The molecule has 1 atom stereocenters. The van der Waals surface area contributed by atoms with Crippen LogP contribution >= 0.6 is 11.8 Å². The van der Waals surface area contributed by atoms with Gasteiger partial charge in [0.1, 0.15) is 0 Å². The Hall–Kier alpha value is -2.38. The predicted molar refractivity (Wildman–Crippen MR) is 120 cm³/mol. The smallest absolute Gasteiger partial charge is 0.262 e. The zero-order valence-electron chi connectivity index (χ0n) is 17.7. The third-order valence-electron chi connectivity index (χ3n) is 5.76. The quantitative estimate of drug-likeness (QED) is 0.325. The fraction of sp³-hybridized carbons (Fsp3) is 0.435. The van der Waals surface area contributed by atoms with Crippen LogP contribution in [0.5, 0.6) is 0 Å². The number of rotatable bonds is 7. The number of carbonyl (C=O) groups excluding carboxylic acids is 1. The summed E-state index contributed by atoms with van der Waals surface area (Å²) in [5.41, 5.74) is 3.40. The van der Waals surface area contributed by atoms with E-state index in [9.17, 15) is 9.59 Å². The van der Waals surface area contributed by atoms with Crippen LogP contribution in [-0.4, -0.2) is 38.4 Å². The normalized spacial score (nSPS) is 16.4. The molecule has 0 radical (unpaired) electrons. The second-order valence-electron chi connectivity index (χ2n) is 7.70. The van der Waals surface area contributed by atoms with Crippen LogP contribution in [0.1, 0.15) is 41.5 Å². The number of ketones is 1. The zero-order valence-corrected chi connectivity index (χ0v) is 18.5. The third kappa shape index (κ3) is 3.96. The molecule has 0 spiro atoms. The van der Waals surface area contributed by atoms with Crippen molar-refractivity contribution in [2.75, 3.05) is 12.4 Å². The molecule has 1 unspecified atom stereocenters. The molecular weight excluding hydrogens is 398 g/mol. The molecule has 0 N–H and O–H groups in total. The van der Waals surface area contributed by atoms with E-state index in [1.165, 1.54) is 11.8 Å². The van der Waals surface area contributed by atoms with Gasteiger partial charge in [-0.25, -0.2) is 4.98 Å². The number of hydrogen-bond donors (Lipinski definition) is 0. The van der Waals surface area contributed by atoms with Crippen LogP contribution < -0.4 is 5.56 Å². The maximum Gasteiger partial charge on any atom is 0.262 e. The first-order valence-corrected chi connectivity index (χ1v) is 11.4. The summed E-state index contributed by atoms with van der Waals surface area (Å²) < 4.78 is 9.59. The Morgan fingerprint density at radius 2 is 2.07 bits per heavy atom. The summed E-state index contributed by atoms with van der Waals surface area (Å²) in [6.45, 7) is 8.08. The molecular formula is C23H27N3O3S. The fourth-order valence-corrected chi connectivity index (χ4v) is 5.05. The summed E-state index contributed by atoms with van der Waals surface area (Å²) in [5, 5.41) is 1.19. The van der Waals surface area contributed by atoms with E-state index in [1.54, 1.807) is 10.6 Å². The van der Waals surface area contributed by atoms with Gasteiger partial charge in [-0.05, 0) is 51.8 Å². The van der Waals surface area contributed by atoms with Crippen molar-refractivity contribution in [3.63, 3.8) is 0 Å². The average molecular weight is 426 g/mol. The molecule has 1 aromatic carbocycles. The summed E-state index contributed by atoms with van der Waals surface area (Å²) in [5.74, 6) is 0.298. The molecule has 1 aliphatic heterocycles. The first-order chi connectivity index (χ1) is 14.5. The topological polar surface area (TPSA) is 66.1 Å². The van der Waals surface area contributed by atoms with Crippen LogP contribution in [0.25, 0.3) is 10.9 Å². The van der Waals surface area contributed by atoms with Crippen molar-refractivity contribution < 1.29 is 9.53 Å². The predicted octanol–water partition coefficient (Wildman–Crippen LogP) is 3.99. The third-order valence-corrected chi connectivity index (χ3v) is 6.74. The molecule has 6 nitrogen and oxygen atoms in total. The summed E-state index contributed by atoms with van der Waals surface area (Å²) in [6, 6.07) is 9.30. The number of Topliss-reactive ketones (excluding diaryl/α,β-unsaturated/α-hetero) is 1. The molecule has 2 aromatic heterocycles. The molecule has 0 amide bonds. The van der Waals surface area contributed by atoms with Crippen LogP contribution in [0.3, 0.4) is 0 Å². The highest BCUT2D eigenvalue weighted by molar-refractivity contribution is 7.99. The lowest BCUT2D eigenvalue weighted by Gasteiger charge is -2.15. The van der Waals surface area contributed by atoms with E-state index in [2.05, 4.69) is 9.55 Å². The van der Waals surface area contributed by atoms with Crippen molar-refractivity contribution in [3.05, 3.63) is 57.6 Å². The SMILES string of the molecule is CCn1c(SCC(=O)c2cc(C)n(CC3CCCO3)c2C)nc2ccccc2c1=O. The number of nitrogens with zero attached hydrogens (tertiary/aromatic N) is 3. The molecule has 1 saturated heterocycles. The first-order valence-electron chi connectivity index (χ1n) is 10.4. The van der Waals surface area contributed by atoms with Crippen molar-refractivity contribution in [2.45, 2.75) is 58.0 Å². The number of benzene rings is 1. The highest BCUT2D eigenvalue weighted by atomic mass is 32.2. The molecule has 158 valence electrons. The van der Waals surface area contributed by atoms with Crippen LogP contribution in [0.2, 0.25) is 0 Å². The lowest BCUT2D eigenvalue weighted by Crippen LogP contribution is -2.23. The minimum absolute atomic E-state index is 0.0525. The van der Waals surface area contributed by atoms with E-state index in [1.807, 2.05) is 45.0 Å². The summed E-state index contributed by atoms with van der Waals surface area (Å²) in [6.07, 6.45) is 2.40. The molecule has 1 aliphatic rings. The lowest BCUT2D eigenvalue weighted by molar-refractivity contribution is 0.0957. The second-order valence-corrected chi connectivity index (χ2v) is 8.65. The second kappa shape index (κ2) is 8.78. The molecule has 0 saturated carbocycles. The van der Waals surface area contributed by atoms with Crippen molar-refractivity contribution >= 4 is 28.4 Å². The van der Waals surface area contributed by atoms with E-state index in [-0.39, 0.29) is 23.2 Å². The summed E-state index contributed by atoms with van der Waals surface area (Å²) >= 11 is 1.33. The molecule has 3 heterocycles. The van der Waals surface area contributed by atoms with Gasteiger partial charge in [0.05, 0.1) is 22.8 Å². The molecule has 1 fully saturated rings. The molecule has 0 bridgehead atoms. The summed E-state index contributed by atoms with van der Waals surface area (Å²) in [4.78, 5) is 30.4. The van der Waals surface area contributed by atoms with Gasteiger partial charge in [0.2, 0.25) is 0 Å². The van der Waals surface area contributed by atoms with Gasteiger partial charge in [0.15, 0.2) is 10.9 Å². The average Bonchev–Trinajstić information content (AvgIpc) is 3.36. The minimum Gasteiger partial charge on any atom is -0.376 e. The Labute approximate surface area is 180 Å². The maximum atomic E-state index is 13.0. The number of aromatic nitrogens is 3. The largest absolute Gasteiger partial charge is 0.376 e. The molecule has 3 aromatic rings. The maximum absolute atomic E-state index is 13.0. The Morgan fingerprint density at radius 3 is 2.80 bits per heavy atom. The van der Waals surface area contributed by atoms with Crippen LogP contribution in [-0.2, 0) is 17.8 Å². The van der Waals surface area contributed by atoms with Crippen molar-refractivity contribution in [1.82, 2.24) is 14.1 Å². The van der Waals surface area contributed by atoms with Crippen LogP contribution in [0.4, 0.5) is 0 Å². The van der Waals surface area contributed by atoms with Gasteiger partial charge in [-0.15, -0.1) is 0 Å².